The van der Waals surface area contributed by atoms with Crippen LogP contribution in [-0.2, 0) is 4.79 Å². The van der Waals surface area contributed by atoms with Crippen molar-refractivity contribution in [2.24, 2.45) is 0 Å². The molecule has 0 fully saturated rings. The number of hydrogen-bond donors (Lipinski definition) is 2. The smallest absolute Gasteiger partial charge is 0.227 e. The summed E-state index contributed by atoms with van der Waals surface area (Å²) in [6, 6.07) is 12.4. The van der Waals surface area contributed by atoms with Gasteiger partial charge in [0.1, 0.15) is 5.75 Å². The van der Waals surface area contributed by atoms with Crippen LogP contribution in [0.25, 0.3) is 0 Å². The van der Waals surface area contributed by atoms with Crippen molar-refractivity contribution in [3.05, 3.63) is 52.0 Å². The minimum atomic E-state index is -0.170. The fraction of sp³-hybridized carbons (Fsp3) is 0.133. The third-order valence-electron chi connectivity index (χ3n) is 2.66. The van der Waals surface area contributed by atoms with Crippen molar-refractivity contribution in [1.29, 1.82) is 0 Å². The van der Waals surface area contributed by atoms with Gasteiger partial charge in [-0.2, -0.15) is 0 Å². The molecule has 2 aromatic carbocycles. The zero-order valence-electron chi connectivity index (χ0n) is 11.1. The van der Waals surface area contributed by atoms with E-state index in [-0.39, 0.29) is 18.9 Å². The Morgan fingerprint density at radius 2 is 2.10 bits per heavy atom. The molecule has 3 N–H and O–H groups in total. The second kappa shape index (κ2) is 7.33. The van der Waals surface area contributed by atoms with Crippen molar-refractivity contribution >= 4 is 44.8 Å². The van der Waals surface area contributed by atoms with Crippen LogP contribution in [-0.4, -0.2) is 12.5 Å². The van der Waals surface area contributed by atoms with Gasteiger partial charge in [0.2, 0.25) is 5.91 Å². The molecule has 0 aromatic heterocycles. The van der Waals surface area contributed by atoms with E-state index in [2.05, 4.69) is 21.2 Å². The van der Waals surface area contributed by atoms with Gasteiger partial charge < -0.3 is 15.8 Å². The van der Waals surface area contributed by atoms with E-state index in [1.165, 1.54) is 0 Å². The summed E-state index contributed by atoms with van der Waals surface area (Å²) in [6.45, 7) is 0.287. The van der Waals surface area contributed by atoms with Gasteiger partial charge in [0.05, 0.1) is 23.7 Å². The van der Waals surface area contributed by atoms with Gasteiger partial charge in [-0.3, -0.25) is 4.79 Å². The third-order valence-corrected chi connectivity index (χ3v) is 3.47. The van der Waals surface area contributed by atoms with Gasteiger partial charge in [-0.15, -0.1) is 0 Å². The minimum Gasteiger partial charge on any atom is -0.493 e. The van der Waals surface area contributed by atoms with E-state index in [0.717, 1.165) is 4.47 Å². The van der Waals surface area contributed by atoms with Crippen LogP contribution in [0, 0.1) is 0 Å². The number of nitrogens with two attached hydrogens (primary N) is 1. The number of nitrogens with one attached hydrogen (secondary N) is 1. The number of amides is 1. The second-order valence-corrected chi connectivity index (χ2v) is 5.67. The molecule has 0 radical (unpaired) electrons. The van der Waals surface area contributed by atoms with Crippen molar-refractivity contribution in [2.45, 2.75) is 6.42 Å². The van der Waals surface area contributed by atoms with Crippen molar-refractivity contribution in [2.75, 3.05) is 17.7 Å². The molecule has 0 aliphatic heterocycles. The molecule has 2 aromatic rings. The Morgan fingerprint density at radius 3 is 2.81 bits per heavy atom. The topological polar surface area (TPSA) is 64.3 Å². The Kier molecular flexibility index (Phi) is 5.47. The van der Waals surface area contributed by atoms with Crippen LogP contribution < -0.4 is 15.8 Å². The average molecular weight is 370 g/mol. The Bertz CT molecular complexity index is 649. The van der Waals surface area contributed by atoms with Gasteiger partial charge in [0.15, 0.2) is 0 Å². The lowest BCUT2D eigenvalue weighted by Crippen LogP contribution is -2.15. The second-order valence-electron chi connectivity index (χ2n) is 4.34. The molecule has 0 aliphatic rings. The summed E-state index contributed by atoms with van der Waals surface area (Å²) in [5.41, 5.74) is 6.69. The van der Waals surface area contributed by atoms with Crippen LogP contribution in [0.1, 0.15) is 6.42 Å². The van der Waals surface area contributed by atoms with Gasteiger partial charge in [-0.05, 0) is 36.4 Å². The normalized spacial score (nSPS) is 10.2. The molecule has 4 nitrogen and oxygen atoms in total. The Balaban J connectivity index is 1.82. The third kappa shape index (κ3) is 4.95. The number of benzene rings is 2. The largest absolute Gasteiger partial charge is 0.493 e. The fourth-order valence-electron chi connectivity index (χ4n) is 1.66. The number of anilines is 2. The standard InChI is InChI=1S/C15H14BrClN2O2/c16-10-2-1-3-12(8-10)21-7-6-15(20)19-14-5-4-11(18)9-13(14)17/h1-5,8-9H,6-7,18H2,(H,19,20). The van der Waals surface area contributed by atoms with Crippen molar-refractivity contribution in [3.63, 3.8) is 0 Å². The van der Waals surface area contributed by atoms with E-state index in [0.29, 0.717) is 22.1 Å². The quantitative estimate of drug-likeness (QED) is 0.780. The zero-order valence-corrected chi connectivity index (χ0v) is 13.4. The van der Waals surface area contributed by atoms with E-state index in [4.69, 9.17) is 22.1 Å². The van der Waals surface area contributed by atoms with Crippen LogP contribution in [0.4, 0.5) is 11.4 Å². The first-order valence-electron chi connectivity index (χ1n) is 6.28. The molecule has 2 rings (SSSR count). The predicted molar refractivity (Wildman–Crippen MR) is 88.7 cm³/mol. The number of carbonyl (C=O) groups excluding carboxylic acids is 1. The van der Waals surface area contributed by atoms with Crippen LogP contribution in [0.2, 0.25) is 5.02 Å². The molecule has 110 valence electrons. The highest BCUT2D eigenvalue weighted by atomic mass is 79.9. The van der Waals surface area contributed by atoms with Crippen molar-refractivity contribution in [3.8, 4) is 5.75 Å². The summed E-state index contributed by atoms with van der Waals surface area (Å²) >= 11 is 9.35. The molecule has 1 amide bonds. The highest BCUT2D eigenvalue weighted by Gasteiger charge is 2.06. The van der Waals surface area contributed by atoms with Crippen molar-refractivity contribution in [1.82, 2.24) is 0 Å². The molecule has 6 heteroatoms. The van der Waals surface area contributed by atoms with E-state index >= 15 is 0 Å². The monoisotopic (exact) mass is 368 g/mol. The maximum absolute atomic E-state index is 11.8. The summed E-state index contributed by atoms with van der Waals surface area (Å²) in [5, 5.41) is 3.13. The Hall–Kier alpha value is -1.72. The van der Waals surface area contributed by atoms with Crippen LogP contribution in [0.5, 0.6) is 5.75 Å². The number of rotatable bonds is 5. The predicted octanol–water partition coefficient (Wildman–Crippen LogP) is 4.09. The highest BCUT2D eigenvalue weighted by molar-refractivity contribution is 9.10. The molecule has 0 spiro atoms. The molecule has 0 atom stereocenters. The molecule has 21 heavy (non-hydrogen) atoms. The summed E-state index contributed by atoms with van der Waals surface area (Å²) < 4.78 is 6.43. The van der Waals surface area contributed by atoms with E-state index in [9.17, 15) is 4.79 Å². The van der Waals surface area contributed by atoms with Gasteiger partial charge in [0.25, 0.3) is 0 Å². The summed E-state index contributed by atoms with van der Waals surface area (Å²) in [6.07, 6.45) is 0.229. The van der Waals surface area contributed by atoms with E-state index in [1.54, 1.807) is 18.2 Å². The van der Waals surface area contributed by atoms with E-state index in [1.807, 2.05) is 24.3 Å². The molecule has 0 unspecified atom stereocenters. The number of nitrogen functional groups attached to an aromatic ring is 1. The molecule has 0 saturated carbocycles. The summed E-state index contributed by atoms with van der Waals surface area (Å²) in [5.74, 6) is 0.541. The maximum atomic E-state index is 11.8. The zero-order chi connectivity index (χ0) is 15.2. The van der Waals surface area contributed by atoms with Crippen LogP contribution >= 0.6 is 27.5 Å². The first-order valence-corrected chi connectivity index (χ1v) is 7.45. The van der Waals surface area contributed by atoms with Gasteiger partial charge >= 0.3 is 0 Å². The van der Waals surface area contributed by atoms with Gasteiger partial charge in [0, 0.05) is 10.2 Å². The SMILES string of the molecule is Nc1ccc(NC(=O)CCOc2cccc(Br)c2)c(Cl)c1. The fourth-order valence-corrected chi connectivity index (χ4v) is 2.28. The Morgan fingerprint density at radius 1 is 1.29 bits per heavy atom. The van der Waals surface area contributed by atoms with Gasteiger partial charge in [-0.25, -0.2) is 0 Å². The first-order chi connectivity index (χ1) is 10.0. The summed E-state index contributed by atoms with van der Waals surface area (Å²) in [4.78, 5) is 11.8. The molecule has 0 heterocycles. The lowest BCUT2D eigenvalue weighted by molar-refractivity contribution is -0.116. The average Bonchev–Trinajstić information content (AvgIpc) is 2.42. The molecule has 0 aliphatic carbocycles. The minimum absolute atomic E-state index is 0.170. The van der Waals surface area contributed by atoms with Crippen LogP contribution in [0.3, 0.4) is 0 Å². The van der Waals surface area contributed by atoms with E-state index < -0.39 is 0 Å². The number of halogens is 2. The highest BCUT2D eigenvalue weighted by Crippen LogP contribution is 2.24. The number of hydrogen-bond acceptors (Lipinski definition) is 3. The molecular weight excluding hydrogens is 356 g/mol. The number of ether oxygens (including phenoxy) is 1. The molecule has 0 bridgehead atoms. The lowest BCUT2D eigenvalue weighted by Gasteiger charge is -2.09. The lowest BCUT2D eigenvalue weighted by atomic mass is 10.2. The Labute approximate surface area is 136 Å². The number of carbonyl (C=O) groups is 1. The van der Waals surface area contributed by atoms with Crippen LogP contribution in [0.15, 0.2) is 46.9 Å². The summed E-state index contributed by atoms with van der Waals surface area (Å²) in [7, 11) is 0. The van der Waals surface area contributed by atoms with Gasteiger partial charge in [-0.1, -0.05) is 33.6 Å². The van der Waals surface area contributed by atoms with Crippen molar-refractivity contribution < 1.29 is 9.53 Å². The molecular formula is C15H14BrClN2O2. The first kappa shape index (κ1) is 15.7. The molecule has 0 saturated heterocycles. The maximum Gasteiger partial charge on any atom is 0.227 e.